The Hall–Kier alpha value is -3.07. The molecule has 6 nitrogen and oxygen atoms in total. The normalized spacial score (nSPS) is 11.3. The van der Waals surface area contributed by atoms with Gasteiger partial charge >= 0.3 is 12.2 Å². The van der Waals surface area contributed by atoms with Gasteiger partial charge in [0.25, 0.3) is 0 Å². The minimum Gasteiger partial charge on any atom is -0.417 e. The van der Waals surface area contributed by atoms with Gasteiger partial charge in [0, 0.05) is 18.0 Å². The first kappa shape index (κ1) is 18.7. The van der Waals surface area contributed by atoms with Crippen LogP contribution in [0.15, 0.2) is 48.7 Å². The van der Waals surface area contributed by atoms with Gasteiger partial charge in [-0.25, -0.2) is 9.78 Å². The average molecular weight is 397 g/mol. The van der Waals surface area contributed by atoms with Crippen molar-refractivity contribution in [1.29, 1.82) is 0 Å². The van der Waals surface area contributed by atoms with E-state index in [0.717, 1.165) is 4.68 Å². The summed E-state index contributed by atoms with van der Waals surface area (Å²) in [6, 6.07) is 10.4. The number of aryl methyl sites for hydroxylation is 1. The number of carbonyl (C=O) groups excluding carboxylic acids is 1. The maximum absolute atomic E-state index is 12.7. The molecule has 0 saturated heterocycles. The second-order valence-electron chi connectivity index (χ2n) is 5.44. The van der Waals surface area contributed by atoms with Gasteiger partial charge in [-0.1, -0.05) is 29.8 Å². The van der Waals surface area contributed by atoms with E-state index in [4.69, 9.17) is 16.3 Å². The molecule has 0 unspecified atom stereocenters. The van der Waals surface area contributed by atoms with Crippen LogP contribution in [0.4, 0.5) is 23.7 Å². The number of para-hydroxylation sites is 1. The van der Waals surface area contributed by atoms with Gasteiger partial charge in [-0.05, 0) is 25.1 Å². The number of nitrogens with zero attached hydrogens (tertiary/aromatic N) is 3. The molecule has 0 bridgehead atoms. The number of carbonyl (C=O) groups is 1. The second-order valence-corrected chi connectivity index (χ2v) is 5.85. The number of hydrogen-bond acceptors (Lipinski definition) is 4. The first-order valence-corrected chi connectivity index (χ1v) is 7.95. The van der Waals surface area contributed by atoms with E-state index in [-0.39, 0.29) is 16.8 Å². The third kappa shape index (κ3) is 4.37. The Morgan fingerprint density at radius 3 is 2.56 bits per heavy atom. The van der Waals surface area contributed by atoms with Crippen molar-refractivity contribution in [2.24, 2.45) is 0 Å². The van der Waals surface area contributed by atoms with Crippen molar-refractivity contribution in [2.75, 3.05) is 5.32 Å². The maximum atomic E-state index is 12.7. The molecule has 2 heterocycles. The van der Waals surface area contributed by atoms with Crippen LogP contribution in [0.3, 0.4) is 0 Å². The second kappa shape index (κ2) is 7.28. The standard InChI is InChI=1S/C17H12ClF3N4O2/c1-10-7-14(24-25(10)16(26)23-12-5-3-2-4-6-12)27-15-13(18)8-11(9-22-15)17(19,20)21/h2-9H,1H3,(H,23,26). The highest BCUT2D eigenvalue weighted by atomic mass is 35.5. The topological polar surface area (TPSA) is 69.0 Å². The van der Waals surface area contributed by atoms with Crippen molar-refractivity contribution < 1.29 is 22.7 Å². The molecule has 3 aromatic rings. The van der Waals surface area contributed by atoms with Gasteiger partial charge in [-0.2, -0.15) is 17.9 Å². The zero-order valence-corrected chi connectivity index (χ0v) is 14.5. The fourth-order valence-electron chi connectivity index (χ4n) is 2.15. The van der Waals surface area contributed by atoms with E-state index in [1.807, 2.05) is 6.07 Å². The fourth-order valence-corrected chi connectivity index (χ4v) is 2.36. The van der Waals surface area contributed by atoms with Crippen molar-refractivity contribution in [2.45, 2.75) is 13.1 Å². The number of aromatic nitrogens is 3. The predicted molar refractivity (Wildman–Crippen MR) is 92.1 cm³/mol. The molecule has 2 aromatic heterocycles. The monoisotopic (exact) mass is 396 g/mol. The molecule has 0 aliphatic carbocycles. The van der Waals surface area contributed by atoms with Crippen LogP contribution in [0, 0.1) is 6.92 Å². The first-order chi connectivity index (χ1) is 12.7. The highest BCUT2D eigenvalue weighted by Crippen LogP contribution is 2.34. The van der Waals surface area contributed by atoms with Crippen molar-refractivity contribution in [3.8, 4) is 11.8 Å². The van der Waals surface area contributed by atoms with E-state index in [1.54, 1.807) is 31.2 Å². The number of halogens is 4. The van der Waals surface area contributed by atoms with Crippen LogP contribution in [-0.2, 0) is 6.18 Å². The smallest absolute Gasteiger partial charge is 0.417 e. The first-order valence-electron chi connectivity index (χ1n) is 7.57. The van der Waals surface area contributed by atoms with Gasteiger partial charge in [0.2, 0.25) is 11.8 Å². The molecule has 1 aromatic carbocycles. The molecule has 0 saturated carbocycles. The van der Waals surface area contributed by atoms with Crippen LogP contribution in [0.1, 0.15) is 11.3 Å². The average Bonchev–Trinajstić information content (AvgIpc) is 2.97. The molecule has 0 aliphatic rings. The van der Waals surface area contributed by atoms with Gasteiger partial charge in [-0.3, -0.25) is 0 Å². The maximum Gasteiger partial charge on any atom is 0.417 e. The summed E-state index contributed by atoms with van der Waals surface area (Å²) in [4.78, 5) is 15.9. The molecule has 3 rings (SSSR count). The van der Waals surface area contributed by atoms with Crippen molar-refractivity contribution >= 4 is 23.3 Å². The number of ether oxygens (including phenoxy) is 1. The molecule has 27 heavy (non-hydrogen) atoms. The minimum atomic E-state index is -4.57. The van der Waals surface area contributed by atoms with Crippen LogP contribution in [-0.4, -0.2) is 20.8 Å². The Kier molecular flexibility index (Phi) is 5.04. The van der Waals surface area contributed by atoms with Gasteiger partial charge in [0.1, 0.15) is 5.02 Å². The van der Waals surface area contributed by atoms with Gasteiger partial charge in [-0.15, -0.1) is 5.10 Å². The molecule has 1 amide bonds. The molecular weight excluding hydrogens is 385 g/mol. The largest absolute Gasteiger partial charge is 0.417 e. The lowest BCUT2D eigenvalue weighted by Gasteiger charge is -2.08. The lowest BCUT2D eigenvalue weighted by atomic mass is 10.3. The number of pyridine rings is 1. The molecule has 0 fully saturated rings. The minimum absolute atomic E-state index is 0.0372. The lowest BCUT2D eigenvalue weighted by molar-refractivity contribution is -0.137. The molecular formula is C17H12ClF3N4O2. The van der Waals surface area contributed by atoms with Crippen LogP contribution >= 0.6 is 11.6 Å². The molecule has 0 aliphatic heterocycles. The number of nitrogens with one attached hydrogen (secondary N) is 1. The van der Waals surface area contributed by atoms with Crippen LogP contribution in [0.5, 0.6) is 11.8 Å². The summed E-state index contributed by atoms with van der Waals surface area (Å²) in [5.41, 5.74) is 0.0255. The Balaban J connectivity index is 1.78. The van der Waals surface area contributed by atoms with Crippen molar-refractivity contribution in [1.82, 2.24) is 14.8 Å². The zero-order chi connectivity index (χ0) is 19.6. The summed E-state index contributed by atoms with van der Waals surface area (Å²) in [7, 11) is 0. The summed E-state index contributed by atoms with van der Waals surface area (Å²) in [6.45, 7) is 1.62. The number of rotatable bonds is 3. The predicted octanol–water partition coefficient (Wildman–Crippen LogP) is 5.13. The molecule has 0 radical (unpaired) electrons. The van der Waals surface area contributed by atoms with Crippen LogP contribution in [0.25, 0.3) is 0 Å². The molecule has 0 spiro atoms. The molecule has 1 N–H and O–H groups in total. The Morgan fingerprint density at radius 1 is 1.22 bits per heavy atom. The quantitative estimate of drug-likeness (QED) is 0.666. The highest BCUT2D eigenvalue weighted by molar-refractivity contribution is 6.31. The van der Waals surface area contributed by atoms with Crippen molar-refractivity contribution in [3.05, 3.63) is 64.9 Å². The number of alkyl halides is 3. The zero-order valence-electron chi connectivity index (χ0n) is 13.8. The summed E-state index contributed by atoms with van der Waals surface area (Å²) >= 11 is 5.80. The van der Waals surface area contributed by atoms with Crippen molar-refractivity contribution in [3.63, 3.8) is 0 Å². The number of amides is 1. The Bertz CT molecular complexity index is 974. The Morgan fingerprint density at radius 2 is 1.93 bits per heavy atom. The van der Waals surface area contributed by atoms with E-state index in [9.17, 15) is 18.0 Å². The molecule has 140 valence electrons. The van der Waals surface area contributed by atoms with Crippen LogP contribution < -0.4 is 10.1 Å². The summed E-state index contributed by atoms with van der Waals surface area (Å²) < 4.78 is 44.3. The van der Waals surface area contributed by atoms with E-state index < -0.39 is 17.8 Å². The Labute approximate surface area is 156 Å². The summed E-state index contributed by atoms with van der Waals surface area (Å²) in [5, 5.41) is 6.30. The summed E-state index contributed by atoms with van der Waals surface area (Å²) in [5.74, 6) is -0.289. The van der Waals surface area contributed by atoms with Gasteiger partial charge in [0.15, 0.2) is 0 Å². The third-order valence-corrected chi connectivity index (χ3v) is 3.69. The van der Waals surface area contributed by atoms with Gasteiger partial charge < -0.3 is 10.1 Å². The highest BCUT2D eigenvalue weighted by Gasteiger charge is 2.32. The van der Waals surface area contributed by atoms with E-state index >= 15 is 0 Å². The molecule has 10 heteroatoms. The fraction of sp³-hybridized carbons (Fsp3) is 0.118. The lowest BCUT2D eigenvalue weighted by Crippen LogP contribution is -2.21. The summed E-state index contributed by atoms with van der Waals surface area (Å²) in [6.07, 6.45) is -3.96. The third-order valence-electron chi connectivity index (χ3n) is 3.42. The molecule has 0 atom stereocenters. The van der Waals surface area contributed by atoms with E-state index in [0.29, 0.717) is 23.6 Å². The number of anilines is 1. The number of benzene rings is 1. The van der Waals surface area contributed by atoms with Crippen LogP contribution in [0.2, 0.25) is 5.02 Å². The SMILES string of the molecule is Cc1cc(Oc2ncc(C(F)(F)F)cc2Cl)nn1C(=O)Nc1ccccc1. The number of hydrogen-bond donors (Lipinski definition) is 1. The van der Waals surface area contributed by atoms with E-state index in [1.165, 1.54) is 6.07 Å². The van der Waals surface area contributed by atoms with E-state index in [2.05, 4.69) is 15.4 Å². The van der Waals surface area contributed by atoms with Gasteiger partial charge in [0.05, 0.1) is 11.3 Å².